The number of fused-ring (bicyclic) bond motifs is 7. The summed E-state index contributed by atoms with van der Waals surface area (Å²) in [5, 5.41) is 0. The summed E-state index contributed by atoms with van der Waals surface area (Å²) in [6.07, 6.45) is 3.71. The van der Waals surface area contributed by atoms with Crippen LogP contribution >= 0.6 is 0 Å². The number of hydrogen-bond acceptors (Lipinski definition) is 6. The van der Waals surface area contributed by atoms with E-state index in [1.165, 1.54) is 23.7 Å². The van der Waals surface area contributed by atoms with Gasteiger partial charge in [0.15, 0.2) is 0 Å². The number of benzene rings is 1. The van der Waals surface area contributed by atoms with Gasteiger partial charge in [0, 0.05) is 11.8 Å². The van der Waals surface area contributed by atoms with E-state index >= 15 is 0 Å². The SMILES string of the molecule is O=C(OC1C2CC(C1OC(=O)c1ccco1)C1c3ccccc3CC21)c1ccco1. The zero-order chi connectivity index (χ0) is 20.2. The molecule has 152 valence electrons. The van der Waals surface area contributed by atoms with E-state index in [4.69, 9.17) is 18.3 Å². The molecule has 3 aliphatic rings. The Morgan fingerprint density at radius 1 is 0.767 bits per heavy atom. The van der Waals surface area contributed by atoms with Gasteiger partial charge in [-0.2, -0.15) is 0 Å². The van der Waals surface area contributed by atoms with E-state index in [2.05, 4.69) is 24.3 Å². The molecule has 1 aromatic carbocycles. The highest BCUT2D eigenvalue weighted by molar-refractivity contribution is 5.87. The van der Waals surface area contributed by atoms with Gasteiger partial charge in [0.1, 0.15) is 12.2 Å². The van der Waals surface area contributed by atoms with Crippen molar-refractivity contribution in [3.63, 3.8) is 0 Å². The third-order valence-corrected chi connectivity index (χ3v) is 6.99. The lowest BCUT2D eigenvalue weighted by Gasteiger charge is -2.37. The first-order valence-corrected chi connectivity index (χ1v) is 10.3. The van der Waals surface area contributed by atoms with E-state index in [0.29, 0.717) is 11.8 Å². The van der Waals surface area contributed by atoms with Crippen LogP contribution in [0.3, 0.4) is 0 Å². The smallest absolute Gasteiger partial charge is 0.374 e. The molecule has 0 spiro atoms. The molecule has 2 fully saturated rings. The quantitative estimate of drug-likeness (QED) is 0.606. The number of hydrogen-bond donors (Lipinski definition) is 0. The van der Waals surface area contributed by atoms with E-state index < -0.39 is 24.1 Å². The number of rotatable bonds is 4. The fraction of sp³-hybridized carbons (Fsp3) is 0.333. The molecule has 0 radical (unpaired) electrons. The van der Waals surface area contributed by atoms with Gasteiger partial charge in [0.2, 0.25) is 11.5 Å². The molecule has 2 bridgehead atoms. The molecule has 2 aromatic heterocycles. The van der Waals surface area contributed by atoms with Crippen LogP contribution in [0.15, 0.2) is 69.9 Å². The number of carbonyl (C=O) groups excluding carboxylic acids is 2. The van der Waals surface area contributed by atoms with Crippen molar-refractivity contribution in [2.45, 2.75) is 31.0 Å². The zero-order valence-electron chi connectivity index (χ0n) is 16.1. The van der Waals surface area contributed by atoms with E-state index in [1.807, 2.05) is 0 Å². The number of ether oxygens (including phenoxy) is 2. The van der Waals surface area contributed by atoms with Crippen molar-refractivity contribution in [2.75, 3.05) is 0 Å². The van der Waals surface area contributed by atoms with Crippen molar-refractivity contribution in [3.05, 3.63) is 83.7 Å². The molecule has 0 saturated heterocycles. The van der Waals surface area contributed by atoms with Gasteiger partial charge >= 0.3 is 11.9 Å². The second-order valence-corrected chi connectivity index (χ2v) is 8.35. The summed E-state index contributed by atoms with van der Waals surface area (Å²) in [6, 6.07) is 14.9. The summed E-state index contributed by atoms with van der Waals surface area (Å²) in [5.74, 6) is 0.206. The standard InChI is InChI=1S/C24H20O6/c25-23(18-7-3-9-27-18)29-21-16-12-17(22(21)30-24(26)19-8-4-10-28-19)20-14-6-2-1-5-13(14)11-15(16)20/h1-10,15-17,20-22H,11-12H2. The predicted octanol–water partition coefficient (Wildman–Crippen LogP) is 4.23. The highest BCUT2D eigenvalue weighted by Crippen LogP contribution is 2.62. The number of esters is 2. The molecular weight excluding hydrogens is 384 g/mol. The highest BCUT2D eigenvalue weighted by Gasteiger charge is 2.63. The van der Waals surface area contributed by atoms with Crippen LogP contribution in [-0.4, -0.2) is 24.1 Å². The fourth-order valence-electron chi connectivity index (χ4n) is 5.92. The Labute approximate surface area is 172 Å². The molecule has 3 aliphatic carbocycles. The van der Waals surface area contributed by atoms with E-state index in [-0.39, 0.29) is 23.4 Å². The van der Waals surface area contributed by atoms with Gasteiger partial charge in [-0.1, -0.05) is 24.3 Å². The Bertz CT molecular complexity index is 1080. The van der Waals surface area contributed by atoms with E-state index in [0.717, 1.165) is 12.8 Å². The minimum Gasteiger partial charge on any atom is -0.457 e. The molecule has 3 aromatic rings. The molecule has 2 heterocycles. The molecule has 30 heavy (non-hydrogen) atoms. The topological polar surface area (TPSA) is 78.9 Å². The van der Waals surface area contributed by atoms with Gasteiger partial charge in [-0.15, -0.1) is 0 Å². The Hall–Kier alpha value is -3.28. The Morgan fingerprint density at radius 3 is 2.03 bits per heavy atom. The zero-order valence-corrected chi connectivity index (χ0v) is 16.1. The molecule has 6 heteroatoms. The van der Waals surface area contributed by atoms with Crippen molar-refractivity contribution in [1.29, 1.82) is 0 Å². The van der Waals surface area contributed by atoms with Crippen LogP contribution in [0.5, 0.6) is 0 Å². The lowest BCUT2D eigenvalue weighted by atomic mass is 9.76. The van der Waals surface area contributed by atoms with E-state index in [1.54, 1.807) is 24.3 Å². The van der Waals surface area contributed by atoms with Gasteiger partial charge in [0.25, 0.3) is 0 Å². The molecule has 6 rings (SSSR count). The summed E-state index contributed by atoms with van der Waals surface area (Å²) < 4.78 is 22.2. The molecule has 6 unspecified atom stereocenters. The third kappa shape index (κ3) is 2.56. The molecular formula is C24H20O6. The molecule has 0 N–H and O–H groups in total. The average Bonchev–Trinajstić information content (AvgIpc) is 3.55. The first-order chi connectivity index (χ1) is 14.7. The van der Waals surface area contributed by atoms with Gasteiger partial charge in [-0.25, -0.2) is 9.59 Å². The molecule has 6 nitrogen and oxygen atoms in total. The van der Waals surface area contributed by atoms with Gasteiger partial charge < -0.3 is 18.3 Å². The maximum atomic E-state index is 12.7. The second-order valence-electron chi connectivity index (χ2n) is 8.35. The molecule has 0 amide bonds. The largest absolute Gasteiger partial charge is 0.457 e. The van der Waals surface area contributed by atoms with Crippen LogP contribution in [0.4, 0.5) is 0 Å². The van der Waals surface area contributed by atoms with Crippen molar-refractivity contribution in [2.24, 2.45) is 17.8 Å². The van der Waals surface area contributed by atoms with Crippen molar-refractivity contribution in [3.8, 4) is 0 Å². The van der Waals surface area contributed by atoms with E-state index in [9.17, 15) is 9.59 Å². The normalized spacial score (nSPS) is 30.7. The first kappa shape index (κ1) is 17.6. The Kier molecular flexibility index (Phi) is 3.88. The van der Waals surface area contributed by atoms with Gasteiger partial charge in [-0.3, -0.25) is 0 Å². The lowest BCUT2D eigenvalue weighted by Crippen LogP contribution is -2.45. The molecule has 6 atom stereocenters. The fourth-order valence-corrected chi connectivity index (χ4v) is 5.92. The number of furan rings is 2. The van der Waals surface area contributed by atoms with Crippen LogP contribution in [0.25, 0.3) is 0 Å². The monoisotopic (exact) mass is 404 g/mol. The average molecular weight is 404 g/mol. The first-order valence-electron chi connectivity index (χ1n) is 10.3. The summed E-state index contributed by atoms with van der Waals surface area (Å²) >= 11 is 0. The van der Waals surface area contributed by atoms with Crippen molar-refractivity contribution < 1.29 is 27.9 Å². The number of carbonyl (C=O) groups is 2. The van der Waals surface area contributed by atoms with Gasteiger partial charge in [-0.05, 0) is 60.1 Å². The van der Waals surface area contributed by atoms with Crippen molar-refractivity contribution >= 4 is 11.9 Å². The van der Waals surface area contributed by atoms with Gasteiger partial charge in [0.05, 0.1) is 12.5 Å². The lowest BCUT2D eigenvalue weighted by molar-refractivity contribution is -0.0719. The summed E-state index contributed by atoms with van der Waals surface area (Å²) in [7, 11) is 0. The highest BCUT2D eigenvalue weighted by atomic mass is 16.6. The van der Waals surface area contributed by atoms with Crippen LogP contribution in [0.1, 0.15) is 44.6 Å². The Morgan fingerprint density at radius 2 is 1.40 bits per heavy atom. The maximum absolute atomic E-state index is 12.7. The predicted molar refractivity (Wildman–Crippen MR) is 104 cm³/mol. The summed E-state index contributed by atoms with van der Waals surface area (Å²) in [6.45, 7) is 0. The maximum Gasteiger partial charge on any atom is 0.374 e. The van der Waals surface area contributed by atoms with Crippen molar-refractivity contribution in [1.82, 2.24) is 0 Å². The second kappa shape index (κ2) is 6.62. The third-order valence-electron chi connectivity index (χ3n) is 6.99. The Balaban J connectivity index is 1.32. The van der Waals surface area contributed by atoms with Crippen LogP contribution < -0.4 is 0 Å². The van der Waals surface area contributed by atoms with Crippen LogP contribution in [0, 0.1) is 17.8 Å². The summed E-state index contributed by atoms with van der Waals surface area (Å²) in [4.78, 5) is 25.3. The van der Waals surface area contributed by atoms with Crippen LogP contribution in [-0.2, 0) is 15.9 Å². The molecule has 2 saturated carbocycles. The molecule has 0 aliphatic heterocycles. The van der Waals surface area contributed by atoms with Crippen LogP contribution in [0.2, 0.25) is 0 Å². The summed E-state index contributed by atoms with van der Waals surface area (Å²) in [5.41, 5.74) is 2.68. The minimum absolute atomic E-state index is 0.108. The minimum atomic E-state index is -0.528.